The van der Waals surface area contributed by atoms with E-state index in [0.29, 0.717) is 0 Å². The van der Waals surface area contributed by atoms with Gasteiger partial charge >= 0.3 is 0 Å². The number of carbonyl (C=O) groups excluding carboxylic acids is 2. The third kappa shape index (κ3) is 3.76. The Morgan fingerprint density at radius 3 is 1.84 bits per heavy atom. The summed E-state index contributed by atoms with van der Waals surface area (Å²) in [6, 6.07) is 5.95. The van der Waals surface area contributed by atoms with Gasteiger partial charge in [0.1, 0.15) is 5.78 Å². The van der Waals surface area contributed by atoms with E-state index in [-0.39, 0.29) is 18.0 Å². The molecule has 0 aromatic heterocycles. The fourth-order valence-corrected chi connectivity index (χ4v) is 2.10. The van der Waals surface area contributed by atoms with Crippen molar-refractivity contribution in [1.29, 1.82) is 0 Å². The van der Waals surface area contributed by atoms with Gasteiger partial charge in [-0.15, -0.1) is 0 Å². The van der Waals surface area contributed by atoms with Crippen molar-refractivity contribution in [2.45, 2.75) is 53.9 Å². The fourth-order valence-electron chi connectivity index (χ4n) is 2.10. The topological polar surface area (TPSA) is 34.1 Å². The lowest BCUT2D eigenvalue weighted by molar-refractivity contribution is -0.125. The Hall–Kier alpha value is -1.44. The summed E-state index contributed by atoms with van der Waals surface area (Å²) in [4.78, 5) is 24.5. The second kappa shape index (κ2) is 6.14. The van der Waals surface area contributed by atoms with Crippen LogP contribution in [0, 0.1) is 5.41 Å². The highest BCUT2D eigenvalue weighted by atomic mass is 16.1. The maximum Gasteiger partial charge on any atom is 0.170 e. The summed E-state index contributed by atoms with van der Waals surface area (Å²) in [7, 11) is 0. The number of rotatable bonds is 5. The Labute approximate surface area is 116 Å². The maximum atomic E-state index is 12.4. The van der Waals surface area contributed by atoms with Gasteiger partial charge in [-0.3, -0.25) is 9.59 Å². The molecule has 0 unspecified atom stereocenters. The number of ketones is 2. The van der Waals surface area contributed by atoms with E-state index >= 15 is 0 Å². The standard InChI is InChI=1S/C17H24O2/c1-6-12-9-8-10-13(7-2)16(12)14(18)11-15(19)17(3,4)5/h8-10H,6-7,11H2,1-5H3. The van der Waals surface area contributed by atoms with Gasteiger partial charge < -0.3 is 0 Å². The van der Waals surface area contributed by atoms with Crippen LogP contribution in [0.2, 0.25) is 0 Å². The van der Waals surface area contributed by atoms with E-state index in [2.05, 4.69) is 0 Å². The molecule has 0 aliphatic carbocycles. The molecule has 1 rings (SSSR count). The van der Waals surface area contributed by atoms with E-state index in [9.17, 15) is 9.59 Å². The molecule has 0 aliphatic heterocycles. The van der Waals surface area contributed by atoms with Crippen LogP contribution in [-0.4, -0.2) is 11.6 Å². The Balaban J connectivity index is 3.09. The fraction of sp³-hybridized carbons (Fsp3) is 0.529. The summed E-state index contributed by atoms with van der Waals surface area (Å²) in [5, 5.41) is 0. The number of aryl methyl sites for hydroxylation is 2. The van der Waals surface area contributed by atoms with Crippen LogP contribution in [0.15, 0.2) is 18.2 Å². The van der Waals surface area contributed by atoms with E-state index in [4.69, 9.17) is 0 Å². The SMILES string of the molecule is CCc1cccc(CC)c1C(=O)CC(=O)C(C)(C)C. The third-order valence-electron chi connectivity index (χ3n) is 3.44. The molecule has 0 radical (unpaired) electrons. The molecule has 1 aromatic rings. The zero-order valence-electron chi connectivity index (χ0n) is 12.7. The zero-order chi connectivity index (χ0) is 14.6. The molecule has 0 atom stereocenters. The lowest BCUT2D eigenvalue weighted by Gasteiger charge is -2.17. The monoisotopic (exact) mass is 260 g/mol. The van der Waals surface area contributed by atoms with E-state index in [1.54, 1.807) is 0 Å². The average Bonchev–Trinajstić information content (AvgIpc) is 2.36. The molecule has 1 aromatic carbocycles. The first-order chi connectivity index (χ1) is 8.81. The molecule has 0 aliphatic rings. The minimum absolute atomic E-state index is 0.00505. The van der Waals surface area contributed by atoms with Crippen LogP contribution >= 0.6 is 0 Å². The summed E-state index contributed by atoms with van der Waals surface area (Å²) < 4.78 is 0. The highest BCUT2D eigenvalue weighted by Gasteiger charge is 2.25. The number of hydrogen-bond donors (Lipinski definition) is 0. The number of hydrogen-bond acceptors (Lipinski definition) is 2. The van der Waals surface area contributed by atoms with Crippen molar-refractivity contribution in [3.05, 3.63) is 34.9 Å². The van der Waals surface area contributed by atoms with Gasteiger partial charge in [0.05, 0.1) is 6.42 Å². The lowest BCUT2D eigenvalue weighted by atomic mass is 9.85. The van der Waals surface area contributed by atoms with Crippen LogP contribution in [0.4, 0.5) is 0 Å². The smallest absolute Gasteiger partial charge is 0.170 e. The summed E-state index contributed by atoms with van der Waals surface area (Å²) in [6.45, 7) is 9.65. The highest BCUT2D eigenvalue weighted by Crippen LogP contribution is 2.22. The predicted molar refractivity (Wildman–Crippen MR) is 78.6 cm³/mol. The molecule has 0 heterocycles. The minimum Gasteiger partial charge on any atom is -0.299 e. The highest BCUT2D eigenvalue weighted by molar-refractivity contribution is 6.10. The molecule has 19 heavy (non-hydrogen) atoms. The van der Waals surface area contributed by atoms with Gasteiger partial charge in [0.2, 0.25) is 0 Å². The van der Waals surface area contributed by atoms with Crippen LogP contribution in [0.1, 0.15) is 62.5 Å². The first-order valence-corrected chi connectivity index (χ1v) is 6.98. The van der Waals surface area contributed by atoms with Gasteiger partial charge in [0.25, 0.3) is 0 Å². The summed E-state index contributed by atoms with van der Waals surface area (Å²) >= 11 is 0. The molecular formula is C17H24O2. The van der Waals surface area contributed by atoms with Crippen LogP contribution in [0.3, 0.4) is 0 Å². The zero-order valence-corrected chi connectivity index (χ0v) is 12.7. The average molecular weight is 260 g/mol. The molecule has 0 saturated carbocycles. The summed E-state index contributed by atoms with van der Waals surface area (Å²) in [5.41, 5.74) is 2.41. The quantitative estimate of drug-likeness (QED) is 0.592. The second-order valence-electron chi connectivity index (χ2n) is 5.93. The number of benzene rings is 1. The molecule has 0 spiro atoms. The molecule has 2 nitrogen and oxygen atoms in total. The molecule has 0 saturated heterocycles. The largest absolute Gasteiger partial charge is 0.299 e. The van der Waals surface area contributed by atoms with Crippen molar-refractivity contribution >= 4 is 11.6 Å². The normalized spacial score (nSPS) is 11.4. The van der Waals surface area contributed by atoms with Crippen LogP contribution in [0.25, 0.3) is 0 Å². The summed E-state index contributed by atoms with van der Waals surface area (Å²) in [5.74, 6) is -0.0281. The van der Waals surface area contributed by atoms with Gasteiger partial charge in [-0.05, 0) is 24.0 Å². The molecular weight excluding hydrogens is 236 g/mol. The minimum atomic E-state index is -0.455. The molecule has 0 fully saturated rings. The van der Waals surface area contributed by atoms with E-state index < -0.39 is 5.41 Å². The van der Waals surface area contributed by atoms with Crippen LogP contribution in [0.5, 0.6) is 0 Å². The van der Waals surface area contributed by atoms with Gasteiger partial charge in [-0.2, -0.15) is 0 Å². The van der Waals surface area contributed by atoms with Gasteiger partial charge in [-0.1, -0.05) is 52.8 Å². The van der Waals surface area contributed by atoms with Crippen LogP contribution < -0.4 is 0 Å². The molecule has 0 amide bonds. The van der Waals surface area contributed by atoms with Crippen molar-refractivity contribution in [2.75, 3.05) is 0 Å². The number of Topliss-reactive ketones (excluding diaryl/α,β-unsaturated/α-hetero) is 2. The van der Waals surface area contributed by atoms with Crippen LogP contribution in [-0.2, 0) is 17.6 Å². The van der Waals surface area contributed by atoms with Crippen molar-refractivity contribution in [3.8, 4) is 0 Å². The molecule has 104 valence electrons. The Bertz CT molecular complexity index is 456. The molecule has 0 bridgehead atoms. The number of carbonyl (C=O) groups is 2. The Morgan fingerprint density at radius 2 is 1.47 bits per heavy atom. The van der Waals surface area contributed by atoms with Gasteiger partial charge in [-0.25, -0.2) is 0 Å². The summed E-state index contributed by atoms with van der Waals surface area (Å²) in [6.07, 6.45) is 1.64. The van der Waals surface area contributed by atoms with E-state index in [1.807, 2.05) is 52.8 Å². The lowest BCUT2D eigenvalue weighted by Crippen LogP contribution is -2.24. The van der Waals surface area contributed by atoms with E-state index in [0.717, 1.165) is 29.5 Å². The second-order valence-corrected chi connectivity index (χ2v) is 5.93. The van der Waals surface area contributed by atoms with Gasteiger partial charge in [0.15, 0.2) is 5.78 Å². The van der Waals surface area contributed by atoms with Crippen molar-refractivity contribution in [1.82, 2.24) is 0 Å². The van der Waals surface area contributed by atoms with Crippen molar-refractivity contribution in [2.24, 2.45) is 5.41 Å². The molecule has 2 heteroatoms. The van der Waals surface area contributed by atoms with Crippen molar-refractivity contribution < 1.29 is 9.59 Å². The first kappa shape index (κ1) is 15.6. The first-order valence-electron chi connectivity index (χ1n) is 6.98. The Kier molecular flexibility index (Phi) is 5.04. The van der Waals surface area contributed by atoms with Gasteiger partial charge in [0, 0.05) is 11.0 Å². The van der Waals surface area contributed by atoms with E-state index in [1.165, 1.54) is 0 Å². The van der Waals surface area contributed by atoms with Crippen molar-refractivity contribution in [3.63, 3.8) is 0 Å². The predicted octanol–water partition coefficient (Wildman–Crippen LogP) is 4.00. The molecule has 0 N–H and O–H groups in total. The third-order valence-corrected chi connectivity index (χ3v) is 3.44. The maximum absolute atomic E-state index is 12.4. The Morgan fingerprint density at radius 1 is 1.00 bits per heavy atom.